The van der Waals surface area contributed by atoms with Gasteiger partial charge in [0, 0.05) is 19.1 Å². The Kier molecular flexibility index (Phi) is 4.72. The monoisotopic (exact) mass is 264 g/mol. The first-order valence-corrected chi connectivity index (χ1v) is 7.78. The van der Waals surface area contributed by atoms with E-state index in [2.05, 4.69) is 28.5 Å². The van der Waals surface area contributed by atoms with E-state index in [0.717, 1.165) is 30.9 Å². The molecule has 1 aliphatic rings. The second kappa shape index (κ2) is 6.31. The highest BCUT2D eigenvalue weighted by Gasteiger charge is 2.27. The molecule has 1 unspecified atom stereocenters. The molecule has 2 rings (SSSR count). The molecule has 1 aromatic rings. The third kappa shape index (κ3) is 2.88. The van der Waals surface area contributed by atoms with E-state index in [9.17, 15) is 0 Å². The lowest BCUT2D eigenvalue weighted by atomic mass is 9.98. The van der Waals surface area contributed by atoms with Gasteiger partial charge in [-0.05, 0) is 39.0 Å². The highest BCUT2D eigenvalue weighted by Crippen LogP contribution is 2.33. The van der Waals surface area contributed by atoms with Crippen LogP contribution in [0.3, 0.4) is 0 Å². The van der Waals surface area contributed by atoms with Crippen LogP contribution in [0.2, 0.25) is 0 Å². The van der Waals surface area contributed by atoms with E-state index < -0.39 is 0 Å². The van der Waals surface area contributed by atoms with Crippen LogP contribution in [0, 0.1) is 6.92 Å². The van der Waals surface area contributed by atoms with Gasteiger partial charge in [-0.3, -0.25) is 0 Å². The number of anilines is 2. The fourth-order valence-electron chi connectivity index (χ4n) is 3.17. The van der Waals surface area contributed by atoms with Crippen molar-refractivity contribution >= 4 is 11.5 Å². The Labute approximate surface area is 117 Å². The summed E-state index contributed by atoms with van der Waals surface area (Å²) in [5.74, 6) is 1.18. The molecule has 0 saturated carbocycles. The van der Waals surface area contributed by atoms with Gasteiger partial charge in [-0.15, -0.1) is 0 Å². The van der Waals surface area contributed by atoms with E-state index in [1.807, 2.05) is 6.92 Å². The zero-order chi connectivity index (χ0) is 13.8. The van der Waals surface area contributed by atoms with Gasteiger partial charge < -0.3 is 10.6 Å². The number of aryl methyl sites for hydroxylation is 2. The maximum atomic E-state index is 6.30. The van der Waals surface area contributed by atoms with Crippen LogP contribution in [0.25, 0.3) is 0 Å². The van der Waals surface area contributed by atoms with E-state index in [1.165, 1.54) is 37.9 Å². The largest absolute Gasteiger partial charge is 0.394 e. The Hall–Kier alpha value is -1.19. The van der Waals surface area contributed by atoms with Crippen LogP contribution < -0.4 is 10.6 Å². The van der Waals surface area contributed by atoms with Crippen molar-refractivity contribution in [2.75, 3.05) is 17.2 Å². The van der Waals surface area contributed by atoms with Crippen LogP contribution >= 0.6 is 0 Å². The molecule has 2 heterocycles. The number of nitrogen functional groups attached to an aromatic ring is 1. The summed E-state index contributed by atoms with van der Waals surface area (Å²) in [6, 6.07) is 0.646. The fraction of sp³-hybridized carbons (Fsp3) is 0.800. The molecule has 1 aliphatic heterocycles. The molecule has 19 heavy (non-hydrogen) atoms. The second-order valence-corrected chi connectivity index (χ2v) is 5.68. The summed E-state index contributed by atoms with van der Waals surface area (Å²) in [5, 5.41) is 4.62. The van der Waals surface area contributed by atoms with E-state index in [0.29, 0.717) is 6.04 Å². The van der Waals surface area contributed by atoms with Gasteiger partial charge in [0.15, 0.2) is 5.82 Å². The Morgan fingerprint density at radius 1 is 1.26 bits per heavy atom. The van der Waals surface area contributed by atoms with Gasteiger partial charge in [-0.2, -0.15) is 5.10 Å². The molecule has 0 aliphatic carbocycles. The first kappa shape index (κ1) is 14.2. The minimum absolute atomic E-state index is 0.646. The molecule has 1 saturated heterocycles. The van der Waals surface area contributed by atoms with E-state index in [1.54, 1.807) is 0 Å². The molecule has 1 aromatic heterocycles. The molecule has 1 atom stereocenters. The third-order valence-corrected chi connectivity index (χ3v) is 4.10. The molecular formula is C15H28N4. The van der Waals surface area contributed by atoms with E-state index in [4.69, 9.17) is 5.73 Å². The molecule has 0 amide bonds. The fourth-order valence-corrected chi connectivity index (χ4v) is 3.17. The summed E-state index contributed by atoms with van der Waals surface area (Å²) in [6.45, 7) is 8.57. The highest BCUT2D eigenvalue weighted by molar-refractivity contribution is 5.66. The standard InChI is InChI=1S/C15H28N4/c1-4-8-13-9-6-7-11-18(13)15-14(16)12(3)17-19(15)10-5-2/h13H,4-11,16H2,1-3H3. The van der Waals surface area contributed by atoms with Crippen LogP contribution in [0.4, 0.5) is 11.5 Å². The molecule has 0 aromatic carbocycles. The summed E-state index contributed by atoms with van der Waals surface area (Å²) in [5.41, 5.74) is 8.16. The zero-order valence-corrected chi connectivity index (χ0v) is 12.7. The number of nitrogens with two attached hydrogens (primary N) is 1. The highest BCUT2D eigenvalue weighted by atomic mass is 15.4. The Morgan fingerprint density at radius 2 is 2.05 bits per heavy atom. The summed E-state index contributed by atoms with van der Waals surface area (Å²) in [6.07, 6.45) is 7.51. The number of rotatable bonds is 5. The van der Waals surface area contributed by atoms with Gasteiger partial charge in [-0.25, -0.2) is 4.68 Å². The SMILES string of the molecule is CCCC1CCCCN1c1c(N)c(C)nn1CCC. The summed E-state index contributed by atoms with van der Waals surface area (Å²) >= 11 is 0. The quantitative estimate of drug-likeness (QED) is 0.887. The summed E-state index contributed by atoms with van der Waals surface area (Å²) < 4.78 is 2.12. The molecule has 4 nitrogen and oxygen atoms in total. The summed E-state index contributed by atoms with van der Waals surface area (Å²) in [7, 11) is 0. The average Bonchev–Trinajstić information content (AvgIpc) is 2.67. The van der Waals surface area contributed by atoms with Crippen molar-refractivity contribution in [1.29, 1.82) is 0 Å². The molecule has 0 radical (unpaired) electrons. The van der Waals surface area contributed by atoms with Crippen LogP contribution in [-0.2, 0) is 6.54 Å². The van der Waals surface area contributed by atoms with Crippen LogP contribution in [0.5, 0.6) is 0 Å². The first-order chi connectivity index (χ1) is 9.19. The van der Waals surface area contributed by atoms with Crippen molar-refractivity contribution in [2.45, 2.75) is 71.9 Å². The summed E-state index contributed by atoms with van der Waals surface area (Å²) in [4.78, 5) is 2.53. The molecule has 1 fully saturated rings. The number of nitrogens with zero attached hydrogens (tertiary/aromatic N) is 3. The van der Waals surface area contributed by atoms with Crippen molar-refractivity contribution in [3.63, 3.8) is 0 Å². The van der Waals surface area contributed by atoms with E-state index in [-0.39, 0.29) is 0 Å². The normalized spacial score (nSPS) is 19.9. The molecule has 108 valence electrons. The lowest BCUT2D eigenvalue weighted by Gasteiger charge is -2.37. The lowest BCUT2D eigenvalue weighted by Crippen LogP contribution is -2.41. The van der Waals surface area contributed by atoms with Crippen molar-refractivity contribution in [3.05, 3.63) is 5.69 Å². The van der Waals surface area contributed by atoms with Crippen molar-refractivity contribution < 1.29 is 0 Å². The molecule has 2 N–H and O–H groups in total. The Morgan fingerprint density at radius 3 is 2.74 bits per heavy atom. The van der Waals surface area contributed by atoms with Crippen molar-refractivity contribution in [1.82, 2.24) is 9.78 Å². The van der Waals surface area contributed by atoms with Crippen LogP contribution in [-0.4, -0.2) is 22.4 Å². The maximum absolute atomic E-state index is 6.30. The topological polar surface area (TPSA) is 47.1 Å². The predicted molar refractivity (Wildman–Crippen MR) is 81.6 cm³/mol. The first-order valence-electron chi connectivity index (χ1n) is 7.78. The molecular weight excluding hydrogens is 236 g/mol. The minimum Gasteiger partial charge on any atom is -0.394 e. The van der Waals surface area contributed by atoms with Gasteiger partial charge in [-0.1, -0.05) is 20.3 Å². The Bertz CT molecular complexity index is 409. The number of aromatic nitrogens is 2. The van der Waals surface area contributed by atoms with Gasteiger partial charge in [0.05, 0.1) is 11.4 Å². The third-order valence-electron chi connectivity index (χ3n) is 4.10. The van der Waals surface area contributed by atoms with Gasteiger partial charge in [0.25, 0.3) is 0 Å². The number of piperidine rings is 1. The van der Waals surface area contributed by atoms with E-state index >= 15 is 0 Å². The molecule has 0 bridgehead atoms. The molecule has 0 spiro atoms. The predicted octanol–water partition coefficient (Wildman–Crippen LogP) is 3.34. The second-order valence-electron chi connectivity index (χ2n) is 5.68. The van der Waals surface area contributed by atoms with Gasteiger partial charge in [0.1, 0.15) is 0 Å². The number of hydrogen-bond donors (Lipinski definition) is 1. The van der Waals surface area contributed by atoms with Crippen molar-refractivity contribution in [2.24, 2.45) is 0 Å². The van der Waals surface area contributed by atoms with Gasteiger partial charge in [0.2, 0.25) is 0 Å². The Balaban J connectivity index is 2.31. The number of hydrogen-bond acceptors (Lipinski definition) is 3. The van der Waals surface area contributed by atoms with Crippen molar-refractivity contribution in [3.8, 4) is 0 Å². The average molecular weight is 264 g/mol. The minimum atomic E-state index is 0.646. The maximum Gasteiger partial charge on any atom is 0.150 e. The lowest BCUT2D eigenvalue weighted by molar-refractivity contribution is 0.422. The van der Waals surface area contributed by atoms with Crippen LogP contribution in [0.1, 0.15) is 58.1 Å². The smallest absolute Gasteiger partial charge is 0.150 e. The van der Waals surface area contributed by atoms with Gasteiger partial charge >= 0.3 is 0 Å². The van der Waals surface area contributed by atoms with Crippen LogP contribution in [0.15, 0.2) is 0 Å². The molecule has 4 heteroatoms. The zero-order valence-electron chi connectivity index (χ0n) is 12.7.